The third-order valence-corrected chi connectivity index (χ3v) is 1.68. The van der Waals surface area contributed by atoms with E-state index in [0.717, 1.165) is 0 Å². The van der Waals surface area contributed by atoms with E-state index in [2.05, 4.69) is 9.97 Å². The minimum atomic E-state index is 0.121. The van der Waals surface area contributed by atoms with Crippen LogP contribution in [0.2, 0.25) is 5.28 Å². The summed E-state index contributed by atoms with van der Waals surface area (Å²) in [6.07, 6.45) is 1.68. The van der Waals surface area contributed by atoms with Crippen molar-refractivity contribution in [1.29, 1.82) is 0 Å². The summed E-state index contributed by atoms with van der Waals surface area (Å²) in [4.78, 5) is 7.61. The molecule has 12 heavy (non-hydrogen) atoms. The van der Waals surface area contributed by atoms with E-state index in [4.69, 9.17) is 21.1 Å². The van der Waals surface area contributed by atoms with Crippen molar-refractivity contribution in [2.75, 3.05) is 13.2 Å². The molecular formula is C7H7ClN2O2. The Bertz CT molecular complexity index is 278. The highest BCUT2D eigenvalue weighted by Crippen LogP contribution is 2.13. The molecule has 2 rings (SSSR count). The highest BCUT2D eigenvalue weighted by Gasteiger charge is 2.20. The molecule has 0 N–H and O–H groups in total. The van der Waals surface area contributed by atoms with Crippen LogP contribution in [0.3, 0.4) is 0 Å². The average molecular weight is 187 g/mol. The van der Waals surface area contributed by atoms with E-state index in [1.54, 1.807) is 12.3 Å². The standard InChI is InChI=1S/C7H7ClN2O2/c8-7-9-2-1-6(10-7)12-5-3-11-4-5/h1-2,5H,3-4H2. The van der Waals surface area contributed by atoms with E-state index in [1.165, 1.54) is 0 Å². The number of halogens is 1. The van der Waals surface area contributed by atoms with E-state index in [1.807, 2.05) is 0 Å². The summed E-state index contributed by atoms with van der Waals surface area (Å²) in [5, 5.41) is 0.202. The van der Waals surface area contributed by atoms with Crippen LogP contribution in [0.5, 0.6) is 5.88 Å². The maximum absolute atomic E-state index is 5.56. The third kappa shape index (κ3) is 1.65. The van der Waals surface area contributed by atoms with Crippen molar-refractivity contribution < 1.29 is 9.47 Å². The van der Waals surface area contributed by atoms with Gasteiger partial charge in [0.1, 0.15) is 6.10 Å². The Morgan fingerprint density at radius 2 is 2.42 bits per heavy atom. The maximum Gasteiger partial charge on any atom is 0.225 e. The highest BCUT2D eigenvalue weighted by molar-refractivity contribution is 6.28. The molecule has 1 aromatic heterocycles. The SMILES string of the molecule is Clc1nccc(OC2COC2)n1. The smallest absolute Gasteiger partial charge is 0.225 e. The molecule has 1 fully saturated rings. The Labute approximate surface area is 74.5 Å². The lowest BCUT2D eigenvalue weighted by Crippen LogP contribution is -2.38. The van der Waals surface area contributed by atoms with Crippen LogP contribution in [0.1, 0.15) is 0 Å². The van der Waals surface area contributed by atoms with Gasteiger partial charge in [-0.05, 0) is 11.6 Å². The van der Waals surface area contributed by atoms with Crippen LogP contribution >= 0.6 is 11.6 Å². The molecular weight excluding hydrogens is 180 g/mol. The third-order valence-electron chi connectivity index (χ3n) is 1.50. The van der Waals surface area contributed by atoms with Gasteiger partial charge in [0.2, 0.25) is 11.2 Å². The fourth-order valence-electron chi connectivity index (χ4n) is 0.838. The van der Waals surface area contributed by atoms with Crippen LogP contribution in [0, 0.1) is 0 Å². The summed E-state index contributed by atoms with van der Waals surface area (Å²) >= 11 is 5.56. The zero-order chi connectivity index (χ0) is 8.39. The molecule has 1 aliphatic heterocycles. The quantitative estimate of drug-likeness (QED) is 0.644. The van der Waals surface area contributed by atoms with Gasteiger partial charge in [0.25, 0.3) is 0 Å². The van der Waals surface area contributed by atoms with Crippen molar-refractivity contribution in [1.82, 2.24) is 9.97 Å². The predicted molar refractivity (Wildman–Crippen MR) is 42.3 cm³/mol. The zero-order valence-corrected chi connectivity index (χ0v) is 6.99. The van der Waals surface area contributed by atoms with Crippen molar-refractivity contribution >= 4 is 11.6 Å². The first-order valence-corrected chi connectivity index (χ1v) is 3.95. The summed E-state index contributed by atoms with van der Waals surface area (Å²) in [7, 11) is 0. The van der Waals surface area contributed by atoms with Crippen molar-refractivity contribution in [3.63, 3.8) is 0 Å². The molecule has 4 nitrogen and oxygen atoms in total. The van der Waals surface area contributed by atoms with E-state index < -0.39 is 0 Å². The van der Waals surface area contributed by atoms with Gasteiger partial charge in [-0.15, -0.1) is 0 Å². The molecule has 0 saturated carbocycles. The number of rotatable bonds is 2. The van der Waals surface area contributed by atoms with E-state index >= 15 is 0 Å². The van der Waals surface area contributed by atoms with Crippen molar-refractivity contribution in [3.05, 3.63) is 17.5 Å². The second-order valence-electron chi connectivity index (χ2n) is 2.44. The normalized spacial score (nSPS) is 17.1. The predicted octanol–water partition coefficient (Wildman–Crippen LogP) is 0.908. The molecule has 0 bridgehead atoms. The molecule has 0 radical (unpaired) electrons. The fourth-order valence-corrected chi connectivity index (χ4v) is 0.978. The topological polar surface area (TPSA) is 44.2 Å². The Morgan fingerprint density at radius 3 is 3.00 bits per heavy atom. The molecule has 0 amide bonds. The summed E-state index contributed by atoms with van der Waals surface area (Å²) in [5.41, 5.74) is 0. The van der Waals surface area contributed by atoms with E-state index in [0.29, 0.717) is 19.1 Å². The Kier molecular flexibility index (Phi) is 2.10. The molecule has 64 valence electrons. The Balaban J connectivity index is 2.02. The lowest BCUT2D eigenvalue weighted by atomic mass is 10.3. The second kappa shape index (κ2) is 3.25. The lowest BCUT2D eigenvalue weighted by molar-refractivity contribution is -0.0813. The van der Waals surface area contributed by atoms with Crippen LogP contribution in [0.15, 0.2) is 12.3 Å². The van der Waals surface area contributed by atoms with Crippen molar-refractivity contribution in [2.45, 2.75) is 6.10 Å². The van der Waals surface area contributed by atoms with E-state index in [9.17, 15) is 0 Å². The number of hydrogen-bond donors (Lipinski definition) is 0. The average Bonchev–Trinajstić information content (AvgIpc) is 1.97. The molecule has 1 aliphatic rings. The molecule has 5 heteroatoms. The molecule has 0 atom stereocenters. The fraction of sp³-hybridized carbons (Fsp3) is 0.429. The molecule has 0 aliphatic carbocycles. The zero-order valence-electron chi connectivity index (χ0n) is 6.24. The minimum Gasteiger partial charge on any atom is -0.469 e. The molecule has 1 aromatic rings. The summed E-state index contributed by atoms with van der Waals surface area (Å²) in [6.45, 7) is 1.25. The first-order chi connectivity index (χ1) is 5.84. The maximum atomic E-state index is 5.56. The van der Waals surface area contributed by atoms with Crippen molar-refractivity contribution in [3.8, 4) is 5.88 Å². The van der Waals surface area contributed by atoms with Gasteiger partial charge in [0.15, 0.2) is 0 Å². The van der Waals surface area contributed by atoms with Crippen LogP contribution in [0.25, 0.3) is 0 Å². The molecule has 1 saturated heterocycles. The van der Waals surface area contributed by atoms with Gasteiger partial charge >= 0.3 is 0 Å². The Morgan fingerprint density at radius 1 is 1.58 bits per heavy atom. The molecule has 2 heterocycles. The van der Waals surface area contributed by atoms with Crippen LogP contribution in [-0.4, -0.2) is 29.3 Å². The number of hydrogen-bond acceptors (Lipinski definition) is 4. The minimum absolute atomic E-state index is 0.121. The largest absolute Gasteiger partial charge is 0.469 e. The van der Waals surface area contributed by atoms with E-state index in [-0.39, 0.29) is 11.4 Å². The first-order valence-electron chi connectivity index (χ1n) is 3.57. The van der Waals surface area contributed by atoms with Crippen LogP contribution < -0.4 is 4.74 Å². The number of aromatic nitrogens is 2. The van der Waals surface area contributed by atoms with Gasteiger partial charge in [-0.1, -0.05) is 0 Å². The highest BCUT2D eigenvalue weighted by atomic mass is 35.5. The van der Waals surface area contributed by atoms with Gasteiger partial charge in [0.05, 0.1) is 13.2 Å². The van der Waals surface area contributed by atoms with Crippen LogP contribution in [-0.2, 0) is 4.74 Å². The summed E-state index contributed by atoms with van der Waals surface area (Å²) in [6, 6.07) is 1.67. The molecule has 0 spiro atoms. The van der Waals surface area contributed by atoms with Gasteiger partial charge in [-0.3, -0.25) is 0 Å². The van der Waals surface area contributed by atoms with Gasteiger partial charge in [-0.25, -0.2) is 4.98 Å². The monoisotopic (exact) mass is 186 g/mol. The van der Waals surface area contributed by atoms with Gasteiger partial charge in [-0.2, -0.15) is 4.98 Å². The van der Waals surface area contributed by atoms with Crippen LogP contribution in [0.4, 0.5) is 0 Å². The van der Waals surface area contributed by atoms with Gasteiger partial charge < -0.3 is 9.47 Å². The molecule has 0 aromatic carbocycles. The first kappa shape index (κ1) is 7.76. The summed E-state index contributed by atoms with van der Waals surface area (Å²) in [5.74, 6) is 0.503. The number of ether oxygens (including phenoxy) is 2. The van der Waals surface area contributed by atoms with Gasteiger partial charge in [0, 0.05) is 12.3 Å². The lowest BCUT2D eigenvalue weighted by Gasteiger charge is -2.25. The van der Waals surface area contributed by atoms with Crippen molar-refractivity contribution in [2.24, 2.45) is 0 Å². The number of nitrogens with zero attached hydrogens (tertiary/aromatic N) is 2. The molecule has 0 unspecified atom stereocenters. The second-order valence-corrected chi connectivity index (χ2v) is 2.78. The Hall–Kier alpha value is -0.870. The summed E-state index contributed by atoms with van der Waals surface area (Å²) < 4.78 is 10.3.